The molecule has 3 aromatic heterocycles. The topological polar surface area (TPSA) is 122 Å². The summed E-state index contributed by atoms with van der Waals surface area (Å²) in [4.78, 5) is 27.1. The monoisotopic (exact) mass is 498 g/mol. The number of nitrogens with zero attached hydrogens (tertiary/aromatic N) is 4. The summed E-state index contributed by atoms with van der Waals surface area (Å²) in [5.74, 6) is 1.43. The van der Waals surface area contributed by atoms with Gasteiger partial charge in [0.25, 0.3) is 5.91 Å². The summed E-state index contributed by atoms with van der Waals surface area (Å²) >= 11 is 6.46. The van der Waals surface area contributed by atoms with Gasteiger partial charge in [-0.15, -0.1) is 0 Å². The molecular formula is C24H27ClN6O4. The van der Waals surface area contributed by atoms with E-state index in [1.807, 2.05) is 18.2 Å². The maximum Gasteiger partial charge on any atom is 0.263 e. The normalized spacial score (nSPS) is 19.9. The van der Waals surface area contributed by atoms with Crippen molar-refractivity contribution in [1.29, 1.82) is 0 Å². The van der Waals surface area contributed by atoms with Crippen molar-refractivity contribution in [2.24, 2.45) is 5.92 Å². The molecule has 3 N–H and O–H groups in total. The molecule has 2 atom stereocenters. The van der Waals surface area contributed by atoms with Crippen LogP contribution in [-0.2, 0) is 17.8 Å². The number of ether oxygens (including phenoxy) is 2. The summed E-state index contributed by atoms with van der Waals surface area (Å²) in [5, 5.41) is 17.3. The van der Waals surface area contributed by atoms with Gasteiger partial charge in [-0.05, 0) is 24.6 Å². The Hall–Kier alpha value is -3.05. The van der Waals surface area contributed by atoms with Crippen LogP contribution in [0.25, 0.3) is 11.0 Å². The van der Waals surface area contributed by atoms with E-state index in [2.05, 4.69) is 30.5 Å². The Morgan fingerprint density at radius 3 is 3.03 bits per heavy atom. The average Bonchev–Trinajstić information content (AvgIpc) is 3.21. The predicted molar refractivity (Wildman–Crippen MR) is 131 cm³/mol. The second-order valence-electron chi connectivity index (χ2n) is 8.76. The lowest BCUT2D eigenvalue weighted by atomic mass is 10.1. The van der Waals surface area contributed by atoms with Crippen LogP contribution in [0, 0.1) is 5.92 Å². The molecule has 2 aliphatic rings. The second-order valence-corrected chi connectivity index (χ2v) is 9.17. The number of aliphatic hydroxyl groups is 1. The first-order valence-electron chi connectivity index (χ1n) is 11.5. The largest absolute Gasteiger partial charge is 0.481 e. The van der Waals surface area contributed by atoms with Crippen molar-refractivity contribution in [3.05, 3.63) is 46.7 Å². The quantitative estimate of drug-likeness (QED) is 0.425. The lowest BCUT2D eigenvalue weighted by Crippen LogP contribution is -2.31. The van der Waals surface area contributed by atoms with Gasteiger partial charge >= 0.3 is 0 Å². The minimum absolute atomic E-state index is 0.0106. The molecule has 35 heavy (non-hydrogen) atoms. The Labute approximate surface area is 207 Å². The number of halogens is 1. The highest BCUT2D eigenvalue weighted by Crippen LogP contribution is 2.27. The molecule has 11 heteroatoms. The van der Waals surface area contributed by atoms with Crippen LogP contribution in [0.5, 0.6) is 11.6 Å². The van der Waals surface area contributed by atoms with Crippen molar-refractivity contribution < 1.29 is 19.4 Å². The van der Waals surface area contributed by atoms with Crippen LogP contribution in [0.2, 0.25) is 5.02 Å². The number of pyridine rings is 3. The molecule has 1 amide bonds. The molecule has 184 valence electrons. The Balaban J connectivity index is 1.15. The molecule has 2 aliphatic heterocycles. The molecule has 1 unspecified atom stereocenters. The van der Waals surface area contributed by atoms with Crippen LogP contribution < -0.4 is 20.1 Å². The number of aromatic nitrogens is 3. The number of aliphatic hydroxyl groups excluding tert-OH is 1. The van der Waals surface area contributed by atoms with Gasteiger partial charge in [-0.2, -0.15) is 0 Å². The van der Waals surface area contributed by atoms with Crippen molar-refractivity contribution in [2.75, 3.05) is 45.2 Å². The number of carbonyl (C=O) groups is 1. The number of methoxy groups -OCH3 is 1. The molecule has 0 saturated carbocycles. The minimum atomic E-state index is -0.422. The van der Waals surface area contributed by atoms with Crippen LogP contribution in [0.3, 0.4) is 0 Å². The number of anilines is 1. The number of hydrogen-bond donors (Lipinski definition) is 3. The van der Waals surface area contributed by atoms with Crippen LogP contribution in [-0.4, -0.2) is 76.9 Å². The first-order valence-corrected chi connectivity index (χ1v) is 11.9. The van der Waals surface area contributed by atoms with E-state index in [9.17, 15) is 9.90 Å². The molecule has 5 rings (SSSR count). The van der Waals surface area contributed by atoms with Gasteiger partial charge < -0.3 is 30.1 Å². The fraction of sp³-hybridized carbons (Fsp3) is 0.417. The Bertz CT molecular complexity index is 1240. The number of β-amino-alcohol motifs (C(OH)–C–C–N with tert-alkyl or cyclic N) is 1. The zero-order valence-corrected chi connectivity index (χ0v) is 20.1. The second kappa shape index (κ2) is 10.3. The Morgan fingerprint density at radius 1 is 1.29 bits per heavy atom. The molecule has 1 saturated heterocycles. The number of hydrogen-bond acceptors (Lipinski definition) is 9. The van der Waals surface area contributed by atoms with E-state index in [-0.39, 0.29) is 18.4 Å². The van der Waals surface area contributed by atoms with E-state index in [1.54, 1.807) is 19.4 Å². The smallest absolute Gasteiger partial charge is 0.263 e. The van der Waals surface area contributed by atoms with Crippen LogP contribution in [0.15, 0.2) is 30.5 Å². The molecular weight excluding hydrogens is 472 g/mol. The summed E-state index contributed by atoms with van der Waals surface area (Å²) in [5.41, 5.74) is 3.24. The van der Waals surface area contributed by atoms with Crippen molar-refractivity contribution in [3.8, 4) is 11.6 Å². The fourth-order valence-electron chi connectivity index (χ4n) is 4.51. The van der Waals surface area contributed by atoms with Crippen molar-refractivity contribution >= 4 is 34.4 Å². The van der Waals surface area contributed by atoms with E-state index in [0.717, 1.165) is 35.4 Å². The van der Waals surface area contributed by atoms with Gasteiger partial charge in [0.05, 0.1) is 35.0 Å². The third-order valence-corrected chi connectivity index (χ3v) is 6.68. The molecule has 0 aliphatic carbocycles. The molecule has 0 bridgehead atoms. The lowest BCUT2D eigenvalue weighted by molar-refractivity contribution is -0.118. The highest BCUT2D eigenvalue weighted by Gasteiger charge is 2.31. The van der Waals surface area contributed by atoms with E-state index in [1.165, 1.54) is 0 Å². The summed E-state index contributed by atoms with van der Waals surface area (Å²) in [6.07, 6.45) is 1.93. The maximum atomic E-state index is 11.5. The van der Waals surface area contributed by atoms with Gasteiger partial charge in [0, 0.05) is 56.5 Å². The zero-order valence-electron chi connectivity index (χ0n) is 19.3. The Kier molecular flexibility index (Phi) is 6.96. The number of fused-ring (bicyclic) bond motifs is 2. The first kappa shape index (κ1) is 23.7. The van der Waals surface area contributed by atoms with Crippen molar-refractivity contribution in [2.45, 2.75) is 19.1 Å². The summed E-state index contributed by atoms with van der Waals surface area (Å²) < 4.78 is 10.6. The summed E-state index contributed by atoms with van der Waals surface area (Å²) in [6, 6.07) is 7.33. The number of amides is 1. The molecule has 0 spiro atoms. The van der Waals surface area contributed by atoms with Crippen LogP contribution >= 0.6 is 11.6 Å². The van der Waals surface area contributed by atoms with E-state index in [4.69, 9.17) is 21.1 Å². The molecule has 0 radical (unpaired) electrons. The van der Waals surface area contributed by atoms with Gasteiger partial charge in [0.15, 0.2) is 18.2 Å². The van der Waals surface area contributed by atoms with E-state index in [0.29, 0.717) is 48.5 Å². The SMILES string of the molecule is COc1ccc2ncc(Cl)c(CCN3CC(CNCc4ccc5c(n4)NC(=O)CO5)[C@H](O)C3)c2n1. The number of nitrogens with one attached hydrogen (secondary N) is 2. The third-order valence-electron chi connectivity index (χ3n) is 6.35. The number of rotatable bonds is 8. The summed E-state index contributed by atoms with van der Waals surface area (Å²) in [6.45, 7) is 3.31. The van der Waals surface area contributed by atoms with Gasteiger partial charge in [0.2, 0.25) is 5.88 Å². The number of likely N-dealkylation sites (tertiary alicyclic amines) is 1. The molecule has 1 fully saturated rings. The van der Waals surface area contributed by atoms with Gasteiger partial charge in [-0.25, -0.2) is 9.97 Å². The molecule has 3 aromatic rings. The van der Waals surface area contributed by atoms with Gasteiger partial charge in [-0.1, -0.05) is 11.6 Å². The predicted octanol–water partition coefficient (Wildman–Crippen LogP) is 1.64. The van der Waals surface area contributed by atoms with Crippen molar-refractivity contribution in [1.82, 2.24) is 25.2 Å². The molecule has 10 nitrogen and oxygen atoms in total. The zero-order chi connectivity index (χ0) is 24.4. The minimum Gasteiger partial charge on any atom is -0.481 e. The van der Waals surface area contributed by atoms with Crippen LogP contribution in [0.4, 0.5) is 5.82 Å². The number of carbonyl (C=O) groups excluding carboxylic acids is 1. The third kappa shape index (κ3) is 5.30. The Morgan fingerprint density at radius 2 is 2.17 bits per heavy atom. The standard InChI is InChI=1S/C24H27ClN6O4/c1-34-22-5-3-18-23(30-22)16(17(25)10-27-18)6-7-31-11-14(19(32)12-31)8-26-9-15-2-4-20-24(28-15)29-21(33)13-35-20/h2-5,10,14,19,26,32H,6-9,11-13H2,1H3,(H,28,29,33)/t14?,19-/m1/s1. The first-order chi connectivity index (χ1) is 17.0. The van der Waals surface area contributed by atoms with Gasteiger partial charge in [0.1, 0.15) is 0 Å². The maximum absolute atomic E-state index is 11.5. The van der Waals surface area contributed by atoms with E-state index < -0.39 is 6.10 Å². The fourth-order valence-corrected chi connectivity index (χ4v) is 4.74. The van der Waals surface area contributed by atoms with Crippen molar-refractivity contribution in [3.63, 3.8) is 0 Å². The molecule has 5 heterocycles. The highest BCUT2D eigenvalue weighted by atomic mass is 35.5. The van der Waals surface area contributed by atoms with E-state index >= 15 is 0 Å². The lowest BCUT2D eigenvalue weighted by Gasteiger charge is -2.18. The summed E-state index contributed by atoms with van der Waals surface area (Å²) in [7, 11) is 1.58. The van der Waals surface area contributed by atoms with Crippen LogP contribution in [0.1, 0.15) is 11.3 Å². The van der Waals surface area contributed by atoms with Gasteiger partial charge in [-0.3, -0.25) is 9.78 Å². The molecule has 0 aromatic carbocycles. The average molecular weight is 499 g/mol. The highest BCUT2D eigenvalue weighted by molar-refractivity contribution is 6.32.